The van der Waals surface area contributed by atoms with Crippen molar-refractivity contribution in [3.63, 3.8) is 0 Å². The molecule has 5 nitrogen and oxygen atoms in total. The van der Waals surface area contributed by atoms with Gasteiger partial charge in [0.15, 0.2) is 11.6 Å². The van der Waals surface area contributed by atoms with Crippen LogP contribution in [0.2, 0.25) is 0 Å². The van der Waals surface area contributed by atoms with E-state index in [1.165, 1.54) is 0 Å². The Labute approximate surface area is 171 Å². The van der Waals surface area contributed by atoms with Crippen molar-refractivity contribution in [2.45, 2.75) is 47.0 Å². The number of Topliss-reactive ketones (excluding diaryl/α,β-unsaturated/α-hetero) is 2. The number of para-hydroxylation sites is 1. The molecule has 0 spiro atoms. The number of aryl methyl sites for hydroxylation is 1. The summed E-state index contributed by atoms with van der Waals surface area (Å²) < 4.78 is 1.92. The van der Waals surface area contributed by atoms with E-state index >= 15 is 0 Å². The van der Waals surface area contributed by atoms with Gasteiger partial charge in [0.2, 0.25) is 0 Å². The van der Waals surface area contributed by atoms with Gasteiger partial charge in [-0.1, -0.05) is 38.1 Å². The molecule has 1 aromatic carbocycles. The van der Waals surface area contributed by atoms with Crippen LogP contribution in [0, 0.1) is 19.8 Å². The van der Waals surface area contributed by atoms with Crippen LogP contribution in [0.15, 0.2) is 48.5 Å². The zero-order valence-corrected chi connectivity index (χ0v) is 17.5. The summed E-state index contributed by atoms with van der Waals surface area (Å²) in [7, 11) is 0. The van der Waals surface area contributed by atoms with Crippen molar-refractivity contribution in [3.8, 4) is 5.69 Å². The third-order valence-corrected chi connectivity index (χ3v) is 4.96. The van der Waals surface area contributed by atoms with E-state index in [0.717, 1.165) is 22.6 Å². The summed E-state index contributed by atoms with van der Waals surface area (Å²) in [6, 6.07) is 15.1. The molecule has 0 atom stereocenters. The van der Waals surface area contributed by atoms with Gasteiger partial charge in [-0.3, -0.25) is 9.59 Å². The third kappa shape index (κ3) is 4.86. The summed E-state index contributed by atoms with van der Waals surface area (Å²) in [5.74, 6) is 0.177. The van der Waals surface area contributed by atoms with Crippen molar-refractivity contribution in [3.05, 3.63) is 76.9 Å². The number of ketones is 2. The topological polar surface area (TPSA) is 64.8 Å². The monoisotopic (exact) mass is 389 g/mol. The van der Waals surface area contributed by atoms with Gasteiger partial charge in [0.05, 0.1) is 11.4 Å². The second-order valence-corrected chi connectivity index (χ2v) is 7.75. The zero-order valence-electron chi connectivity index (χ0n) is 17.5. The van der Waals surface area contributed by atoms with E-state index in [0.29, 0.717) is 30.7 Å². The highest BCUT2D eigenvalue weighted by Gasteiger charge is 2.17. The highest BCUT2D eigenvalue weighted by Crippen LogP contribution is 2.20. The lowest BCUT2D eigenvalue weighted by molar-refractivity contribution is 0.0962. The van der Waals surface area contributed by atoms with E-state index in [4.69, 9.17) is 0 Å². The molecule has 0 radical (unpaired) electrons. The normalized spacial score (nSPS) is 11.1. The highest BCUT2D eigenvalue weighted by atomic mass is 16.1. The van der Waals surface area contributed by atoms with Crippen molar-refractivity contribution in [1.82, 2.24) is 14.8 Å². The van der Waals surface area contributed by atoms with E-state index in [-0.39, 0.29) is 17.5 Å². The van der Waals surface area contributed by atoms with Crippen LogP contribution in [-0.4, -0.2) is 26.3 Å². The Hall–Kier alpha value is -3.08. The van der Waals surface area contributed by atoms with Gasteiger partial charge >= 0.3 is 0 Å². The molecule has 0 fully saturated rings. The predicted octanol–water partition coefficient (Wildman–Crippen LogP) is 4.93. The fourth-order valence-corrected chi connectivity index (χ4v) is 3.44. The average Bonchev–Trinajstić information content (AvgIpc) is 3.00. The van der Waals surface area contributed by atoms with E-state index in [2.05, 4.69) is 10.1 Å². The van der Waals surface area contributed by atoms with Gasteiger partial charge in [0, 0.05) is 18.5 Å². The number of carbonyl (C=O) groups is 2. The molecule has 3 aromatic rings. The minimum atomic E-state index is -0.0598. The highest BCUT2D eigenvalue weighted by molar-refractivity contribution is 5.98. The molecule has 0 aliphatic carbocycles. The summed E-state index contributed by atoms with van der Waals surface area (Å²) in [6.45, 7) is 7.98. The van der Waals surface area contributed by atoms with Gasteiger partial charge in [-0.2, -0.15) is 5.10 Å². The third-order valence-electron chi connectivity index (χ3n) is 4.96. The summed E-state index contributed by atoms with van der Waals surface area (Å²) in [4.78, 5) is 29.3. The quantitative estimate of drug-likeness (QED) is 0.513. The smallest absolute Gasteiger partial charge is 0.181 e. The first-order valence-corrected chi connectivity index (χ1v) is 10.0. The fourth-order valence-electron chi connectivity index (χ4n) is 3.44. The number of hydrogen-bond donors (Lipinski definition) is 0. The summed E-state index contributed by atoms with van der Waals surface area (Å²) in [6.07, 6.45) is 1.36. The van der Waals surface area contributed by atoms with Crippen LogP contribution in [0.5, 0.6) is 0 Å². The number of benzene rings is 1. The Kier molecular flexibility index (Phi) is 6.37. The zero-order chi connectivity index (χ0) is 21.0. The first kappa shape index (κ1) is 20.6. The Morgan fingerprint density at radius 3 is 2.24 bits per heavy atom. The molecule has 3 rings (SSSR count). The van der Waals surface area contributed by atoms with Crippen LogP contribution in [0.4, 0.5) is 0 Å². The molecule has 0 aliphatic rings. The molecule has 0 aliphatic heterocycles. The van der Waals surface area contributed by atoms with Crippen LogP contribution >= 0.6 is 0 Å². The van der Waals surface area contributed by atoms with Crippen molar-refractivity contribution in [2.24, 2.45) is 5.92 Å². The fraction of sp³-hybridized carbons (Fsp3) is 0.333. The van der Waals surface area contributed by atoms with Crippen LogP contribution in [0.25, 0.3) is 5.69 Å². The second kappa shape index (κ2) is 8.95. The molecule has 2 aromatic heterocycles. The lowest BCUT2D eigenvalue weighted by atomic mass is 10.0. The number of rotatable bonds is 8. The van der Waals surface area contributed by atoms with Crippen LogP contribution in [0.3, 0.4) is 0 Å². The van der Waals surface area contributed by atoms with Crippen molar-refractivity contribution in [2.75, 3.05) is 0 Å². The predicted molar refractivity (Wildman–Crippen MR) is 114 cm³/mol. The van der Waals surface area contributed by atoms with Crippen molar-refractivity contribution < 1.29 is 9.59 Å². The molecule has 5 heteroatoms. The van der Waals surface area contributed by atoms with E-state index in [9.17, 15) is 9.59 Å². The van der Waals surface area contributed by atoms with Crippen LogP contribution < -0.4 is 0 Å². The Morgan fingerprint density at radius 2 is 1.59 bits per heavy atom. The van der Waals surface area contributed by atoms with Gasteiger partial charge in [-0.25, -0.2) is 9.67 Å². The second-order valence-electron chi connectivity index (χ2n) is 7.75. The van der Waals surface area contributed by atoms with E-state index < -0.39 is 0 Å². The summed E-state index contributed by atoms with van der Waals surface area (Å²) in [5, 5.41) is 4.64. The molecule has 2 heterocycles. The van der Waals surface area contributed by atoms with Crippen molar-refractivity contribution >= 4 is 11.6 Å². The lowest BCUT2D eigenvalue weighted by Crippen LogP contribution is -2.10. The van der Waals surface area contributed by atoms with Gasteiger partial charge in [0.25, 0.3) is 0 Å². The molecule has 0 saturated heterocycles. The molecule has 29 heavy (non-hydrogen) atoms. The summed E-state index contributed by atoms with van der Waals surface area (Å²) >= 11 is 0. The Balaban J connectivity index is 1.73. The molecule has 0 saturated carbocycles. The first-order chi connectivity index (χ1) is 13.9. The van der Waals surface area contributed by atoms with E-state index in [1.54, 1.807) is 18.2 Å². The molecule has 0 bridgehead atoms. The number of hydrogen-bond acceptors (Lipinski definition) is 4. The lowest BCUT2D eigenvalue weighted by Gasteiger charge is -2.07. The standard InChI is InChI=1S/C24H27N3O2/c1-16(2)15-24(29)22-12-8-11-21(25-22)23(28)14-13-20-17(3)26-27(18(20)4)19-9-6-5-7-10-19/h5-12,16H,13-15H2,1-4H3. The number of pyridine rings is 1. The minimum Gasteiger partial charge on any atom is -0.292 e. The Bertz CT molecular complexity index is 1020. The number of aromatic nitrogens is 3. The maximum absolute atomic E-state index is 12.7. The van der Waals surface area contributed by atoms with Gasteiger partial charge in [0.1, 0.15) is 11.4 Å². The van der Waals surface area contributed by atoms with E-state index in [1.807, 2.05) is 62.7 Å². The molecule has 0 unspecified atom stereocenters. The first-order valence-electron chi connectivity index (χ1n) is 10.0. The van der Waals surface area contributed by atoms with Crippen molar-refractivity contribution in [1.29, 1.82) is 0 Å². The molecular formula is C24H27N3O2. The molecule has 0 amide bonds. The average molecular weight is 389 g/mol. The number of nitrogens with zero attached hydrogens (tertiary/aromatic N) is 3. The maximum Gasteiger partial charge on any atom is 0.181 e. The van der Waals surface area contributed by atoms with Gasteiger partial charge in [-0.15, -0.1) is 0 Å². The number of carbonyl (C=O) groups excluding carboxylic acids is 2. The van der Waals surface area contributed by atoms with Crippen LogP contribution in [-0.2, 0) is 6.42 Å². The summed E-state index contributed by atoms with van der Waals surface area (Å²) in [5.41, 5.74) is 4.76. The Morgan fingerprint density at radius 1 is 0.931 bits per heavy atom. The molecule has 150 valence electrons. The van der Waals surface area contributed by atoms with Crippen LogP contribution in [0.1, 0.15) is 64.6 Å². The SMILES string of the molecule is Cc1nn(-c2ccccc2)c(C)c1CCC(=O)c1cccc(C(=O)CC(C)C)n1. The molecular weight excluding hydrogens is 362 g/mol. The molecule has 0 N–H and O–H groups in total. The van der Waals surface area contributed by atoms with Gasteiger partial charge < -0.3 is 0 Å². The largest absolute Gasteiger partial charge is 0.292 e. The minimum absolute atomic E-state index is 0.0227. The maximum atomic E-state index is 12.7. The van der Waals surface area contributed by atoms with Gasteiger partial charge in [-0.05, 0) is 56.0 Å².